The number of likely N-dealkylation sites (tertiary alicyclic amines) is 1. The molecule has 1 aromatic rings. The molecule has 4 atom stereocenters. The molecule has 0 bridgehead atoms. The van der Waals surface area contributed by atoms with Crippen LogP contribution in [0.2, 0.25) is 4.34 Å². The fraction of sp³-hybridized carbons (Fsp3) is 0.714. The molecule has 0 radical (unpaired) electrons. The summed E-state index contributed by atoms with van der Waals surface area (Å²) in [4.78, 5) is 3.98. The number of nitrogens with two attached hydrogens (primary N) is 1. The second-order valence-corrected chi connectivity index (χ2v) is 7.54. The van der Waals surface area contributed by atoms with Crippen molar-refractivity contribution in [3.63, 3.8) is 0 Å². The minimum absolute atomic E-state index is 0.424. The van der Waals surface area contributed by atoms with Gasteiger partial charge in [0.2, 0.25) is 0 Å². The average molecular weight is 285 g/mol. The Hall–Kier alpha value is -0.0900. The van der Waals surface area contributed by atoms with Crippen molar-refractivity contribution >= 4 is 22.9 Å². The summed E-state index contributed by atoms with van der Waals surface area (Å²) in [6.45, 7) is 4.68. The summed E-state index contributed by atoms with van der Waals surface area (Å²) >= 11 is 7.75. The predicted molar refractivity (Wildman–Crippen MR) is 78.1 cm³/mol. The zero-order valence-corrected chi connectivity index (χ0v) is 12.4. The Bertz CT molecular complexity index is 420. The van der Waals surface area contributed by atoms with Crippen LogP contribution in [0.25, 0.3) is 0 Å². The maximum Gasteiger partial charge on any atom is 0.0931 e. The molecule has 2 nitrogen and oxygen atoms in total. The van der Waals surface area contributed by atoms with Crippen molar-refractivity contribution in [3.8, 4) is 0 Å². The first-order valence-corrected chi connectivity index (χ1v) is 8.09. The van der Waals surface area contributed by atoms with Crippen molar-refractivity contribution in [2.24, 2.45) is 17.6 Å². The normalized spacial score (nSPS) is 34.5. The second-order valence-electron chi connectivity index (χ2n) is 5.79. The number of fused-ring (bicyclic) bond motifs is 1. The minimum Gasteiger partial charge on any atom is -0.327 e. The topological polar surface area (TPSA) is 29.3 Å². The van der Waals surface area contributed by atoms with Crippen LogP contribution in [0.1, 0.15) is 37.1 Å². The molecule has 4 unspecified atom stereocenters. The Morgan fingerprint density at radius 2 is 2.22 bits per heavy atom. The lowest BCUT2D eigenvalue weighted by atomic mass is 9.78. The first-order chi connectivity index (χ1) is 8.65. The van der Waals surface area contributed by atoms with E-state index in [1.165, 1.54) is 37.2 Å². The Kier molecular flexibility index (Phi) is 3.68. The summed E-state index contributed by atoms with van der Waals surface area (Å²) in [5.41, 5.74) is 6.28. The van der Waals surface area contributed by atoms with Gasteiger partial charge in [-0.2, -0.15) is 0 Å². The van der Waals surface area contributed by atoms with E-state index in [0.29, 0.717) is 12.1 Å². The highest BCUT2D eigenvalue weighted by molar-refractivity contribution is 7.16. The number of halogens is 1. The number of hydrogen-bond acceptors (Lipinski definition) is 3. The van der Waals surface area contributed by atoms with E-state index in [9.17, 15) is 0 Å². The van der Waals surface area contributed by atoms with E-state index in [4.69, 9.17) is 17.3 Å². The molecule has 100 valence electrons. The van der Waals surface area contributed by atoms with Gasteiger partial charge in [0.05, 0.1) is 4.34 Å². The van der Waals surface area contributed by atoms with Crippen LogP contribution in [0.15, 0.2) is 12.1 Å². The van der Waals surface area contributed by atoms with E-state index >= 15 is 0 Å². The van der Waals surface area contributed by atoms with E-state index in [1.807, 2.05) is 6.07 Å². The fourth-order valence-electron chi connectivity index (χ4n) is 3.60. The van der Waals surface area contributed by atoms with Crippen LogP contribution in [-0.4, -0.2) is 24.0 Å². The molecular weight excluding hydrogens is 264 g/mol. The molecule has 1 aromatic heterocycles. The molecule has 0 amide bonds. The molecule has 0 spiro atoms. The van der Waals surface area contributed by atoms with Crippen LogP contribution in [0.5, 0.6) is 0 Å². The van der Waals surface area contributed by atoms with Crippen LogP contribution in [0, 0.1) is 11.8 Å². The summed E-state index contributed by atoms with van der Waals surface area (Å²) in [6.07, 6.45) is 3.90. The molecule has 1 saturated heterocycles. The molecule has 1 aliphatic carbocycles. The van der Waals surface area contributed by atoms with Crippen LogP contribution >= 0.6 is 22.9 Å². The van der Waals surface area contributed by atoms with Crippen molar-refractivity contribution < 1.29 is 0 Å². The first kappa shape index (κ1) is 12.9. The zero-order chi connectivity index (χ0) is 12.7. The van der Waals surface area contributed by atoms with Gasteiger partial charge in [0.1, 0.15) is 0 Å². The summed E-state index contributed by atoms with van der Waals surface area (Å²) in [5.74, 6) is 1.54. The highest BCUT2D eigenvalue weighted by Crippen LogP contribution is 2.40. The molecule has 2 N–H and O–H groups in total. The van der Waals surface area contributed by atoms with Gasteiger partial charge in [0.15, 0.2) is 0 Å². The van der Waals surface area contributed by atoms with Gasteiger partial charge in [-0.15, -0.1) is 11.3 Å². The third-order valence-electron chi connectivity index (χ3n) is 4.74. The highest BCUT2D eigenvalue weighted by Gasteiger charge is 2.40. The van der Waals surface area contributed by atoms with Crippen molar-refractivity contribution in [3.05, 3.63) is 21.3 Å². The summed E-state index contributed by atoms with van der Waals surface area (Å²) in [6, 6.07) is 5.08. The molecule has 4 heteroatoms. The number of nitrogens with zero attached hydrogens (tertiary/aromatic N) is 1. The van der Waals surface area contributed by atoms with Gasteiger partial charge in [0, 0.05) is 30.1 Å². The molecule has 3 rings (SSSR count). The predicted octanol–water partition coefficient (Wildman–Crippen LogP) is 3.52. The number of rotatable bonds is 2. The number of thiophene rings is 1. The molecular formula is C14H21ClN2S. The van der Waals surface area contributed by atoms with Gasteiger partial charge in [-0.1, -0.05) is 18.0 Å². The lowest BCUT2D eigenvalue weighted by Crippen LogP contribution is -2.38. The van der Waals surface area contributed by atoms with Gasteiger partial charge >= 0.3 is 0 Å². The Labute approximate surface area is 118 Å². The largest absolute Gasteiger partial charge is 0.327 e. The van der Waals surface area contributed by atoms with Gasteiger partial charge < -0.3 is 5.73 Å². The molecule has 2 fully saturated rings. The molecule has 18 heavy (non-hydrogen) atoms. The monoisotopic (exact) mass is 284 g/mol. The van der Waals surface area contributed by atoms with Crippen LogP contribution in [-0.2, 0) is 0 Å². The van der Waals surface area contributed by atoms with Crippen molar-refractivity contribution in [2.75, 3.05) is 13.1 Å². The van der Waals surface area contributed by atoms with E-state index in [1.54, 1.807) is 11.3 Å². The van der Waals surface area contributed by atoms with Crippen molar-refractivity contribution in [2.45, 2.75) is 38.3 Å². The Balaban J connectivity index is 1.71. The van der Waals surface area contributed by atoms with Crippen molar-refractivity contribution in [1.29, 1.82) is 0 Å². The Morgan fingerprint density at radius 1 is 1.39 bits per heavy atom. The fourth-order valence-corrected chi connectivity index (χ4v) is 4.75. The summed E-state index contributed by atoms with van der Waals surface area (Å²) in [7, 11) is 0. The third-order valence-corrected chi connectivity index (χ3v) is 6.14. The average Bonchev–Trinajstić information content (AvgIpc) is 2.95. The Morgan fingerprint density at radius 3 is 2.89 bits per heavy atom. The molecule has 2 aliphatic rings. The zero-order valence-electron chi connectivity index (χ0n) is 10.8. The smallest absolute Gasteiger partial charge is 0.0931 e. The van der Waals surface area contributed by atoms with E-state index < -0.39 is 0 Å². The lowest BCUT2D eigenvalue weighted by Gasteiger charge is -2.30. The quantitative estimate of drug-likeness (QED) is 0.900. The van der Waals surface area contributed by atoms with Crippen LogP contribution in [0.3, 0.4) is 0 Å². The van der Waals surface area contributed by atoms with E-state index in [0.717, 1.165) is 16.2 Å². The highest BCUT2D eigenvalue weighted by atomic mass is 35.5. The molecule has 1 saturated carbocycles. The van der Waals surface area contributed by atoms with Gasteiger partial charge in [-0.3, -0.25) is 4.90 Å². The van der Waals surface area contributed by atoms with Crippen LogP contribution < -0.4 is 5.73 Å². The van der Waals surface area contributed by atoms with E-state index in [-0.39, 0.29) is 0 Å². The van der Waals surface area contributed by atoms with Crippen LogP contribution in [0.4, 0.5) is 0 Å². The first-order valence-electron chi connectivity index (χ1n) is 6.90. The molecule has 1 aliphatic heterocycles. The third kappa shape index (κ3) is 2.34. The van der Waals surface area contributed by atoms with Gasteiger partial charge in [-0.05, 0) is 43.7 Å². The standard InChI is InChI=1S/C14H21ClN2S/c1-9(13-5-6-14(15)18-13)17-7-10-3-2-4-12(16)11(10)8-17/h5-6,9-12H,2-4,7-8,16H2,1H3. The van der Waals surface area contributed by atoms with Gasteiger partial charge in [0.25, 0.3) is 0 Å². The SMILES string of the molecule is CC(c1ccc(Cl)s1)N1CC2CCCC(N)C2C1. The maximum absolute atomic E-state index is 6.28. The second kappa shape index (κ2) is 5.12. The van der Waals surface area contributed by atoms with E-state index in [2.05, 4.69) is 17.9 Å². The molecule has 0 aromatic carbocycles. The lowest BCUT2D eigenvalue weighted by molar-refractivity contribution is 0.247. The molecule has 2 heterocycles. The summed E-state index contributed by atoms with van der Waals surface area (Å²) < 4.78 is 0.894. The minimum atomic E-state index is 0.424. The van der Waals surface area contributed by atoms with Gasteiger partial charge in [-0.25, -0.2) is 0 Å². The van der Waals surface area contributed by atoms with Crippen molar-refractivity contribution in [1.82, 2.24) is 4.90 Å². The summed E-state index contributed by atoms with van der Waals surface area (Å²) in [5, 5.41) is 0. The maximum atomic E-state index is 6.28. The number of hydrogen-bond donors (Lipinski definition) is 1.